The van der Waals surface area contributed by atoms with E-state index in [0.29, 0.717) is 25.4 Å². The number of fused-ring (bicyclic) bond motifs is 3. The van der Waals surface area contributed by atoms with E-state index in [4.69, 9.17) is 20.8 Å². The first kappa shape index (κ1) is 25.0. The van der Waals surface area contributed by atoms with E-state index < -0.39 is 4.92 Å². The van der Waals surface area contributed by atoms with Crippen LogP contribution in [-0.4, -0.2) is 35.3 Å². The van der Waals surface area contributed by atoms with E-state index in [0.717, 1.165) is 41.6 Å². The highest BCUT2D eigenvalue weighted by atomic mass is 35.5. The number of Topliss-reactive ketones (excluding diaryl/α,β-unsaturated/α-hetero) is 1. The van der Waals surface area contributed by atoms with Crippen molar-refractivity contribution >= 4 is 34.0 Å². The van der Waals surface area contributed by atoms with Crippen LogP contribution < -0.4 is 4.74 Å². The third kappa shape index (κ3) is 5.68. The molecule has 0 unspecified atom stereocenters. The number of nitro groups is 1. The molecule has 0 fully saturated rings. The average Bonchev–Trinajstić information content (AvgIpc) is 3.29. The van der Waals surface area contributed by atoms with Gasteiger partial charge in [0.1, 0.15) is 17.4 Å². The molecule has 0 N–H and O–H groups in total. The number of carbonyl (C=O) groups excluding carboxylic acids is 1. The van der Waals surface area contributed by atoms with Crippen LogP contribution in [0, 0.1) is 10.1 Å². The summed E-state index contributed by atoms with van der Waals surface area (Å²) in [6.45, 7) is 1.44. The zero-order valence-electron chi connectivity index (χ0n) is 20.3. The van der Waals surface area contributed by atoms with Gasteiger partial charge in [-0.05, 0) is 43.0 Å². The molecule has 0 saturated heterocycles. The molecule has 1 aromatic heterocycles. The number of benzene rings is 3. The molecule has 1 aliphatic rings. The molecule has 3 aromatic carbocycles. The summed E-state index contributed by atoms with van der Waals surface area (Å²) in [6.07, 6.45) is 4.30. The minimum absolute atomic E-state index is 0.00451. The van der Waals surface area contributed by atoms with Gasteiger partial charge >= 0.3 is 0 Å². The quantitative estimate of drug-likeness (QED) is 0.133. The fraction of sp³-hybridized carbons (Fsp3) is 0.276. The number of hydrogen-bond donors (Lipinski definition) is 0. The summed E-state index contributed by atoms with van der Waals surface area (Å²) in [6, 6.07) is 20.0. The Labute approximate surface area is 219 Å². The summed E-state index contributed by atoms with van der Waals surface area (Å²) in [4.78, 5) is 25.8. The molecule has 0 atom stereocenters. The number of furan rings is 1. The van der Waals surface area contributed by atoms with Crippen LogP contribution in [0.4, 0.5) is 5.69 Å². The van der Waals surface area contributed by atoms with Crippen molar-refractivity contribution in [1.29, 1.82) is 0 Å². The monoisotopic (exact) mass is 518 g/mol. The molecule has 37 heavy (non-hydrogen) atoms. The zero-order chi connectivity index (χ0) is 25.8. The molecule has 0 aliphatic heterocycles. The minimum atomic E-state index is -0.582. The lowest BCUT2D eigenvalue weighted by atomic mass is 9.96. The number of ether oxygens (including phenoxy) is 1. The molecular weight excluding hydrogens is 492 g/mol. The third-order valence-corrected chi connectivity index (χ3v) is 7.01. The summed E-state index contributed by atoms with van der Waals surface area (Å²) in [5.41, 5.74) is 3.10. The van der Waals surface area contributed by atoms with Gasteiger partial charge in [0.05, 0.1) is 11.5 Å². The van der Waals surface area contributed by atoms with E-state index in [1.165, 1.54) is 30.2 Å². The standard InChI is InChI=1S/C29H27ClN2O5/c30-24-14-13-21(17-25(24)32(34)35)26(33)19-31(18-20-7-2-1-3-8-20)15-16-36-28-12-6-10-23-22-9-4-5-11-27(22)37-29(23)28/h1-3,6-8,10,12-14,17H,4-5,9,11,15-16,18-19H2. The number of para-hydroxylation sites is 1. The van der Waals surface area contributed by atoms with E-state index in [1.807, 2.05) is 47.4 Å². The maximum atomic E-state index is 13.1. The molecule has 1 aliphatic carbocycles. The van der Waals surface area contributed by atoms with Crippen molar-refractivity contribution in [3.05, 3.63) is 104 Å². The predicted molar refractivity (Wildman–Crippen MR) is 143 cm³/mol. The van der Waals surface area contributed by atoms with Gasteiger partial charge in [0.15, 0.2) is 17.1 Å². The summed E-state index contributed by atoms with van der Waals surface area (Å²) >= 11 is 5.92. The van der Waals surface area contributed by atoms with E-state index in [2.05, 4.69) is 6.07 Å². The van der Waals surface area contributed by atoms with Gasteiger partial charge in [0.2, 0.25) is 0 Å². The van der Waals surface area contributed by atoms with E-state index >= 15 is 0 Å². The second-order valence-electron chi connectivity index (χ2n) is 9.23. The minimum Gasteiger partial charge on any atom is -0.488 e. The van der Waals surface area contributed by atoms with Crippen molar-refractivity contribution in [1.82, 2.24) is 4.90 Å². The maximum absolute atomic E-state index is 13.1. The lowest BCUT2D eigenvalue weighted by Crippen LogP contribution is -2.33. The van der Waals surface area contributed by atoms with Gasteiger partial charge in [0, 0.05) is 42.1 Å². The molecule has 0 amide bonds. The van der Waals surface area contributed by atoms with Crippen molar-refractivity contribution in [2.24, 2.45) is 0 Å². The number of aryl methyl sites for hydroxylation is 2. The molecule has 0 bridgehead atoms. The number of carbonyl (C=O) groups is 1. The largest absolute Gasteiger partial charge is 0.488 e. The van der Waals surface area contributed by atoms with Crippen LogP contribution in [0.2, 0.25) is 5.02 Å². The smallest absolute Gasteiger partial charge is 0.288 e. The Balaban J connectivity index is 1.31. The number of hydrogen-bond acceptors (Lipinski definition) is 6. The lowest BCUT2D eigenvalue weighted by molar-refractivity contribution is -0.384. The highest BCUT2D eigenvalue weighted by molar-refractivity contribution is 6.32. The second kappa shape index (κ2) is 11.2. The van der Waals surface area contributed by atoms with Gasteiger partial charge in [-0.1, -0.05) is 54.1 Å². The SMILES string of the molecule is O=C(CN(CCOc1cccc2c3c(oc12)CCCC3)Cc1ccccc1)c1ccc(Cl)c([N+](=O)[O-])c1. The van der Waals surface area contributed by atoms with Crippen LogP contribution in [0.5, 0.6) is 5.75 Å². The van der Waals surface area contributed by atoms with Crippen molar-refractivity contribution in [2.45, 2.75) is 32.2 Å². The van der Waals surface area contributed by atoms with Gasteiger partial charge in [0.25, 0.3) is 5.69 Å². The first-order valence-corrected chi connectivity index (χ1v) is 12.8. The predicted octanol–water partition coefficient (Wildman–Crippen LogP) is 6.64. The lowest BCUT2D eigenvalue weighted by Gasteiger charge is -2.22. The highest BCUT2D eigenvalue weighted by Crippen LogP contribution is 2.36. The molecule has 0 saturated carbocycles. The van der Waals surface area contributed by atoms with Crippen LogP contribution in [0.1, 0.15) is 40.1 Å². The molecule has 1 heterocycles. The molecule has 0 radical (unpaired) electrons. The number of rotatable bonds is 10. The second-order valence-corrected chi connectivity index (χ2v) is 9.64. The number of nitrogens with zero attached hydrogens (tertiary/aromatic N) is 2. The van der Waals surface area contributed by atoms with Crippen molar-refractivity contribution in [3.63, 3.8) is 0 Å². The number of ketones is 1. The topological polar surface area (TPSA) is 85.8 Å². The Morgan fingerprint density at radius 3 is 2.68 bits per heavy atom. The molecule has 5 rings (SSSR count). The summed E-state index contributed by atoms with van der Waals surface area (Å²) in [5, 5.41) is 12.4. The Bertz CT molecular complexity index is 1430. The maximum Gasteiger partial charge on any atom is 0.288 e. The number of nitro benzene ring substituents is 1. The third-order valence-electron chi connectivity index (χ3n) is 6.69. The van der Waals surface area contributed by atoms with Crippen molar-refractivity contribution < 1.29 is 18.9 Å². The van der Waals surface area contributed by atoms with E-state index in [-0.39, 0.29) is 28.6 Å². The molecular formula is C29H27ClN2O5. The summed E-state index contributed by atoms with van der Waals surface area (Å²) in [5.74, 6) is 1.54. The van der Waals surface area contributed by atoms with Crippen LogP contribution in [-0.2, 0) is 19.4 Å². The van der Waals surface area contributed by atoms with Crippen LogP contribution >= 0.6 is 11.6 Å². The highest BCUT2D eigenvalue weighted by Gasteiger charge is 2.21. The van der Waals surface area contributed by atoms with Gasteiger partial charge in [-0.25, -0.2) is 0 Å². The summed E-state index contributed by atoms with van der Waals surface area (Å²) in [7, 11) is 0. The van der Waals surface area contributed by atoms with E-state index in [1.54, 1.807) is 0 Å². The van der Waals surface area contributed by atoms with Crippen molar-refractivity contribution in [3.8, 4) is 5.75 Å². The van der Waals surface area contributed by atoms with Crippen molar-refractivity contribution in [2.75, 3.05) is 19.7 Å². The molecule has 7 nitrogen and oxygen atoms in total. The van der Waals surface area contributed by atoms with Crippen LogP contribution in [0.3, 0.4) is 0 Å². The molecule has 8 heteroatoms. The Hall–Kier alpha value is -3.68. The molecule has 4 aromatic rings. The zero-order valence-corrected chi connectivity index (χ0v) is 21.1. The van der Waals surface area contributed by atoms with Gasteiger partial charge in [-0.2, -0.15) is 0 Å². The molecule has 190 valence electrons. The van der Waals surface area contributed by atoms with E-state index in [9.17, 15) is 14.9 Å². The Morgan fingerprint density at radius 2 is 1.86 bits per heavy atom. The first-order chi connectivity index (χ1) is 18.0. The fourth-order valence-electron chi connectivity index (χ4n) is 4.83. The fourth-order valence-corrected chi connectivity index (χ4v) is 5.02. The van der Waals surface area contributed by atoms with Crippen LogP contribution in [0.15, 0.2) is 71.1 Å². The Kier molecular flexibility index (Phi) is 7.53. The van der Waals surface area contributed by atoms with Gasteiger partial charge in [-0.15, -0.1) is 0 Å². The van der Waals surface area contributed by atoms with Gasteiger partial charge < -0.3 is 9.15 Å². The van der Waals surface area contributed by atoms with Crippen LogP contribution in [0.25, 0.3) is 11.0 Å². The average molecular weight is 519 g/mol. The summed E-state index contributed by atoms with van der Waals surface area (Å²) < 4.78 is 12.3. The Morgan fingerprint density at radius 1 is 1.05 bits per heavy atom. The molecule has 0 spiro atoms. The number of halogens is 1. The normalized spacial score (nSPS) is 13.0. The van der Waals surface area contributed by atoms with Gasteiger partial charge in [-0.3, -0.25) is 19.8 Å². The first-order valence-electron chi connectivity index (χ1n) is 12.4.